The second kappa shape index (κ2) is 12.8. The predicted octanol–water partition coefficient (Wildman–Crippen LogP) is 5.00. The lowest BCUT2D eigenvalue weighted by Crippen LogP contribution is -2.34. The lowest BCUT2D eigenvalue weighted by atomic mass is 10.1. The van der Waals surface area contributed by atoms with E-state index in [-0.39, 0.29) is 0 Å². The van der Waals surface area contributed by atoms with Gasteiger partial charge in [0.1, 0.15) is 18.1 Å². The summed E-state index contributed by atoms with van der Waals surface area (Å²) in [6.07, 6.45) is 0.436. The summed E-state index contributed by atoms with van der Waals surface area (Å²) >= 11 is 0. The monoisotopic (exact) mass is 490 g/mol. The van der Waals surface area contributed by atoms with Gasteiger partial charge in [-0.2, -0.15) is 0 Å². The fraction of sp³-hybridized carbons (Fsp3) is 0.345. The normalized spacial score (nSPS) is 13.4. The molecular formula is C29H34N2O5. The van der Waals surface area contributed by atoms with E-state index in [1.807, 2.05) is 54.6 Å². The van der Waals surface area contributed by atoms with Gasteiger partial charge in [0.05, 0.1) is 18.8 Å². The van der Waals surface area contributed by atoms with Gasteiger partial charge in [-0.05, 0) is 60.9 Å². The van der Waals surface area contributed by atoms with Crippen molar-refractivity contribution in [2.45, 2.75) is 32.4 Å². The highest BCUT2D eigenvalue weighted by molar-refractivity contribution is 5.72. The van der Waals surface area contributed by atoms with Crippen molar-refractivity contribution in [3.63, 3.8) is 0 Å². The summed E-state index contributed by atoms with van der Waals surface area (Å²) in [4.78, 5) is 13.7. The molecule has 1 aliphatic rings. The van der Waals surface area contributed by atoms with E-state index in [9.17, 15) is 9.90 Å². The molecule has 190 valence electrons. The van der Waals surface area contributed by atoms with Crippen molar-refractivity contribution in [1.82, 2.24) is 0 Å². The fourth-order valence-corrected chi connectivity index (χ4v) is 4.25. The Morgan fingerprint density at radius 2 is 1.92 bits per heavy atom. The molecule has 36 heavy (non-hydrogen) atoms. The molecule has 0 saturated heterocycles. The van der Waals surface area contributed by atoms with Crippen LogP contribution in [0.25, 0.3) is 0 Å². The molecule has 1 atom stereocenters. The van der Waals surface area contributed by atoms with Crippen LogP contribution >= 0.6 is 0 Å². The van der Waals surface area contributed by atoms with Crippen LogP contribution in [0.1, 0.15) is 24.5 Å². The zero-order valence-corrected chi connectivity index (χ0v) is 20.7. The van der Waals surface area contributed by atoms with Crippen LogP contribution in [0.3, 0.4) is 0 Å². The molecular weight excluding hydrogens is 456 g/mol. The summed E-state index contributed by atoms with van der Waals surface area (Å²) in [5.41, 5.74) is 4.15. The summed E-state index contributed by atoms with van der Waals surface area (Å²) in [6.45, 7) is 6.03. The van der Waals surface area contributed by atoms with Gasteiger partial charge < -0.3 is 29.5 Å². The Kier molecular flexibility index (Phi) is 9.05. The van der Waals surface area contributed by atoms with Crippen molar-refractivity contribution in [2.75, 3.05) is 43.1 Å². The van der Waals surface area contributed by atoms with Gasteiger partial charge in [-0.1, -0.05) is 36.4 Å². The number of ether oxygens (including phenoxy) is 3. The van der Waals surface area contributed by atoms with Crippen LogP contribution in [-0.4, -0.2) is 50.1 Å². The molecule has 2 N–H and O–H groups in total. The molecule has 0 spiro atoms. The van der Waals surface area contributed by atoms with Gasteiger partial charge in [0.15, 0.2) is 6.10 Å². The first-order chi connectivity index (χ1) is 17.6. The number of carboxylic acid groups (broad SMARTS) is 1. The topological polar surface area (TPSA) is 80.3 Å². The number of aliphatic carboxylic acids is 1. The Hall–Kier alpha value is -3.71. The fourth-order valence-electron chi connectivity index (χ4n) is 4.25. The first kappa shape index (κ1) is 25.4. The summed E-state index contributed by atoms with van der Waals surface area (Å²) in [6, 6.07) is 24.1. The van der Waals surface area contributed by atoms with Crippen LogP contribution in [-0.2, 0) is 22.5 Å². The third kappa shape index (κ3) is 7.15. The molecule has 3 aromatic carbocycles. The molecule has 0 bridgehead atoms. The lowest BCUT2D eigenvalue weighted by molar-refractivity contribution is -0.149. The van der Waals surface area contributed by atoms with Crippen molar-refractivity contribution in [1.29, 1.82) is 0 Å². The Labute approximate surface area is 212 Å². The van der Waals surface area contributed by atoms with Crippen LogP contribution in [0.15, 0.2) is 72.8 Å². The summed E-state index contributed by atoms with van der Waals surface area (Å²) in [5.74, 6) is 0.873. The Morgan fingerprint density at radius 1 is 1.08 bits per heavy atom. The molecule has 0 fully saturated rings. The van der Waals surface area contributed by atoms with E-state index in [1.165, 1.54) is 0 Å². The molecule has 0 aromatic heterocycles. The summed E-state index contributed by atoms with van der Waals surface area (Å²) < 4.78 is 17.0. The minimum Gasteiger partial charge on any atom is -0.494 e. The van der Waals surface area contributed by atoms with Crippen LogP contribution < -0.4 is 19.7 Å². The standard InChI is InChI=1S/C29H34N2O5/c1-2-34-28(29(32)33)20-23-7-5-8-24(19-23)30-21-22-11-13-25(14-12-22)35-17-6-15-31-16-18-36-27-10-4-3-9-26(27)31/h3-5,7-14,19,28,30H,2,6,15-18,20-21H2,1H3,(H,32,33). The quantitative estimate of drug-likeness (QED) is 0.327. The second-order valence-corrected chi connectivity index (χ2v) is 8.69. The minimum atomic E-state index is -0.941. The largest absolute Gasteiger partial charge is 0.494 e. The van der Waals surface area contributed by atoms with E-state index in [0.29, 0.717) is 32.8 Å². The first-order valence-electron chi connectivity index (χ1n) is 12.5. The molecule has 1 heterocycles. The molecule has 0 saturated carbocycles. The number of rotatable bonds is 13. The highest BCUT2D eigenvalue weighted by atomic mass is 16.5. The smallest absolute Gasteiger partial charge is 0.333 e. The van der Waals surface area contributed by atoms with E-state index in [2.05, 4.69) is 28.4 Å². The number of nitrogens with zero attached hydrogens (tertiary/aromatic N) is 1. The molecule has 1 unspecified atom stereocenters. The van der Waals surface area contributed by atoms with Crippen molar-refractivity contribution >= 4 is 17.3 Å². The molecule has 0 amide bonds. The van der Waals surface area contributed by atoms with Gasteiger partial charge in [-0.25, -0.2) is 4.79 Å². The molecule has 3 aromatic rings. The van der Waals surface area contributed by atoms with Gasteiger partial charge in [0, 0.05) is 31.8 Å². The molecule has 4 rings (SSSR count). The Morgan fingerprint density at radius 3 is 2.72 bits per heavy atom. The van der Waals surface area contributed by atoms with Crippen molar-refractivity contribution in [3.8, 4) is 11.5 Å². The van der Waals surface area contributed by atoms with Gasteiger partial charge in [0.25, 0.3) is 0 Å². The zero-order chi connectivity index (χ0) is 25.2. The second-order valence-electron chi connectivity index (χ2n) is 8.69. The highest BCUT2D eigenvalue weighted by Crippen LogP contribution is 2.30. The van der Waals surface area contributed by atoms with Gasteiger partial charge in [-0.15, -0.1) is 0 Å². The average Bonchev–Trinajstić information content (AvgIpc) is 2.90. The van der Waals surface area contributed by atoms with E-state index in [0.717, 1.165) is 53.5 Å². The number of carboxylic acids is 1. The van der Waals surface area contributed by atoms with Crippen molar-refractivity contribution in [3.05, 3.63) is 83.9 Å². The van der Waals surface area contributed by atoms with Crippen LogP contribution in [0.2, 0.25) is 0 Å². The predicted molar refractivity (Wildman–Crippen MR) is 141 cm³/mol. The lowest BCUT2D eigenvalue weighted by Gasteiger charge is -2.31. The molecule has 7 nitrogen and oxygen atoms in total. The number of nitrogens with one attached hydrogen (secondary N) is 1. The molecule has 1 aliphatic heterocycles. The number of carbonyl (C=O) groups is 1. The van der Waals surface area contributed by atoms with Gasteiger partial charge in [-0.3, -0.25) is 0 Å². The van der Waals surface area contributed by atoms with E-state index in [1.54, 1.807) is 6.92 Å². The molecule has 0 radical (unpaired) electrons. The third-order valence-electron chi connectivity index (χ3n) is 6.08. The van der Waals surface area contributed by atoms with Crippen molar-refractivity contribution in [2.24, 2.45) is 0 Å². The maximum atomic E-state index is 11.4. The summed E-state index contributed by atoms with van der Waals surface area (Å²) in [7, 11) is 0. The minimum absolute atomic E-state index is 0.336. The summed E-state index contributed by atoms with van der Waals surface area (Å²) in [5, 5.41) is 12.7. The number of benzene rings is 3. The molecule has 7 heteroatoms. The average molecular weight is 491 g/mol. The Balaban J connectivity index is 1.21. The van der Waals surface area contributed by atoms with E-state index >= 15 is 0 Å². The van der Waals surface area contributed by atoms with Gasteiger partial charge in [0.2, 0.25) is 0 Å². The third-order valence-corrected chi connectivity index (χ3v) is 6.08. The van der Waals surface area contributed by atoms with E-state index < -0.39 is 12.1 Å². The maximum absolute atomic E-state index is 11.4. The first-order valence-corrected chi connectivity index (χ1v) is 12.5. The number of anilines is 2. The number of fused-ring (bicyclic) bond motifs is 1. The van der Waals surface area contributed by atoms with Gasteiger partial charge >= 0.3 is 5.97 Å². The number of hydrogen-bond acceptors (Lipinski definition) is 6. The van der Waals surface area contributed by atoms with Crippen molar-refractivity contribution < 1.29 is 24.1 Å². The van der Waals surface area contributed by atoms with Crippen LogP contribution in [0.5, 0.6) is 11.5 Å². The maximum Gasteiger partial charge on any atom is 0.333 e. The Bertz CT molecular complexity index is 1120. The highest BCUT2D eigenvalue weighted by Gasteiger charge is 2.18. The van der Waals surface area contributed by atoms with Crippen LogP contribution in [0, 0.1) is 0 Å². The zero-order valence-electron chi connectivity index (χ0n) is 20.7. The number of hydrogen-bond donors (Lipinski definition) is 2. The number of para-hydroxylation sites is 2. The van der Waals surface area contributed by atoms with E-state index in [4.69, 9.17) is 14.2 Å². The molecule has 0 aliphatic carbocycles. The SMILES string of the molecule is CCOC(Cc1cccc(NCc2ccc(OCCCN3CCOc4ccccc43)cc2)c1)C(=O)O. The van der Waals surface area contributed by atoms with Crippen LogP contribution in [0.4, 0.5) is 11.4 Å².